The summed E-state index contributed by atoms with van der Waals surface area (Å²) in [5, 5.41) is 2.44. The zero-order valence-electron chi connectivity index (χ0n) is 10.6. The van der Waals surface area contributed by atoms with Gasteiger partial charge < -0.3 is 0 Å². The third-order valence-corrected chi connectivity index (χ3v) is 2.40. The number of benzene rings is 2. The lowest BCUT2D eigenvalue weighted by molar-refractivity contribution is -0.356. The van der Waals surface area contributed by atoms with E-state index in [-0.39, 0.29) is 5.60 Å². The molecule has 2 rings (SSSR count). The zero-order chi connectivity index (χ0) is 12.3. The molecule has 0 aromatic heterocycles. The van der Waals surface area contributed by atoms with Crippen LogP contribution >= 0.6 is 0 Å². The lowest BCUT2D eigenvalue weighted by atomic mass is 10.1. The van der Waals surface area contributed by atoms with Crippen LogP contribution in [0.5, 0.6) is 0 Å². The minimum Gasteiger partial charge on any atom is -0.231 e. The minimum absolute atomic E-state index is 0.273. The van der Waals surface area contributed by atoms with Crippen LogP contribution in [-0.4, -0.2) is 5.60 Å². The van der Waals surface area contributed by atoms with Crippen molar-refractivity contribution in [3.05, 3.63) is 48.0 Å². The normalized spacial score (nSPS) is 11.9. The molecule has 0 aliphatic carbocycles. The molecular formula is C15H18O2. The Kier molecular flexibility index (Phi) is 3.46. The number of rotatable bonds is 3. The van der Waals surface area contributed by atoms with Crippen molar-refractivity contribution in [2.24, 2.45) is 0 Å². The molecule has 0 fully saturated rings. The Morgan fingerprint density at radius 2 is 1.65 bits per heavy atom. The van der Waals surface area contributed by atoms with Gasteiger partial charge in [0.05, 0.1) is 5.60 Å². The summed E-state index contributed by atoms with van der Waals surface area (Å²) in [4.78, 5) is 10.6. The van der Waals surface area contributed by atoms with E-state index in [2.05, 4.69) is 24.3 Å². The van der Waals surface area contributed by atoms with Gasteiger partial charge in [0.2, 0.25) is 0 Å². The first kappa shape index (κ1) is 12.1. The first-order valence-corrected chi connectivity index (χ1v) is 5.83. The van der Waals surface area contributed by atoms with Crippen molar-refractivity contribution in [2.45, 2.75) is 33.0 Å². The minimum atomic E-state index is -0.273. The van der Waals surface area contributed by atoms with E-state index in [1.54, 1.807) is 0 Å². The van der Waals surface area contributed by atoms with Gasteiger partial charge in [-0.2, -0.15) is 0 Å². The molecular weight excluding hydrogens is 212 g/mol. The van der Waals surface area contributed by atoms with E-state index in [4.69, 9.17) is 9.78 Å². The van der Waals surface area contributed by atoms with Gasteiger partial charge in [-0.15, -0.1) is 0 Å². The Morgan fingerprint density at radius 3 is 2.41 bits per heavy atom. The second-order valence-corrected chi connectivity index (χ2v) is 5.10. The molecule has 0 bridgehead atoms. The molecule has 0 N–H and O–H groups in total. The van der Waals surface area contributed by atoms with E-state index in [9.17, 15) is 0 Å². The highest BCUT2D eigenvalue weighted by Crippen LogP contribution is 2.20. The molecule has 2 heteroatoms. The van der Waals surface area contributed by atoms with Gasteiger partial charge in [0.15, 0.2) is 0 Å². The summed E-state index contributed by atoms with van der Waals surface area (Å²) in [6.45, 7) is 6.38. The second-order valence-electron chi connectivity index (χ2n) is 5.10. The van der Waals surface area contributed by atoms with Crippen LogP contribution in [0.25, 0.3) is 10.8 Å². The quantitative estimate of drug-likeness (QED) is 0.584. The molecule has 17 heavy (non-hydrogen) atoms. The summed E-state index contributed by atoms with van der Waals surface area (Å²) in [5.74, 6) is 0. The van der Waals surface area contributed by atoms with Gasteiger partial charge in [-0.1, -0.05) is 42.5 Å². The van der Waals surface area contributed by atoms with Crippen LogP contribution in [0.15, 0.2) is 42.5 Å². The lowest BCUT2D eigenvalue weighted by Gasteiger charge is -2.17. The Balaban J connectivity index is 2.13. The first-order valence-electron chi connectivity index (χ1n) is 5.83. The number of hydrogen-bond donors (Lipinski definition) is 0. The zero-order valence-corrected chi connectivity index (χ0v) is 10.6. The summed E-state index contributed by atoms with van der Waals surface area (Å²) in [6.07, 6.45) is 0. The fraction of sp³-hybridized carbons (Fsp3) is 0.333. The Labute approximate surface area is 102 Å². The van der Waals surface area contributed by atoms with Crippen LogP contribution in [0.4, 0.5) is 0 Å². The van der Waals surface area contributed by atoms with E-state index in [0.717, 1.165) is 5.56 Å². The standard InChI is InChI=1S/C15H18O2/c1-15(2,3)17-16-11-13-9-6-8-12-7-4-5-10-14(12)13/h4-10H,11H2,1-3H3. The van der Waals surface area contributed by atoms with Gasteiger partial charge in [-0.05, 0) is 37.1 Å². The summed E-state index contributed by atoms with van der Waals surface area (Å²) >= 11 is 0. The Morgan fingerprint density at radius 1 is 0.941 bits per heavy atom. The van der Waals surface area contributed by atoms with Crippen LogP contribution in [0, 0.1) is 0 Å². The maximum atomic E-state index is 5.29. The molecule has 0 aliphatic heterocycles. The molecule has 0 amide bonds. The molecule has 2 aromatic carbocycles. The summed E-state index contributed by atoms with van der Waals surface area (Å²) in [6, 6.07) is 14.5. The van der Waals surface area contributed by atoms with E-state index in [0.29, 0.717) is 6.61 Å². The Bertz CT molecular complexity index is 492. The fourth-order valence-electron chi connectivity index (χ4n) is 1.69. The summed E-state index contributed by atoms with van der Waals surface area (Å²) in [5.41, 5.74) is 0.872. The van der Waals surface area contributed by atoms with E-state index >= 15 is 0 Å². The van der Waals surface area contributed by atoms with E-state index < -0.39 is 0 Å². The Hall–Kier alpha value is -1.38. The molecule has 90 valence electrons. The second kappa shape index (κ2) is 4.86. The van der Waals surface area contributed by atoms with Crippen LogP contribution in [-0.2, 0) is 16.4 Å². The highest BCUT2D eigenvalue weighted by Gasteiger charge is 2.11. The predicted octanol–water partition coefficient (Wildman–Crippen LogP) is 4.09. The average molecular weight is 230 g/mol. The van der Waals surface area contributed by atoms with Crippen LogP contribution in [0.1, 0.15) is 26.3 Å². The third kappa shape index (κ3) is 3.29. The van der Waals surface area contributed by atoms with E-state index in [1.807, 2.05) is 39.0 Å². The molecule has 2 aromatic rings. The van der Waals surface area contributed by atoms with Crippen molar-refractivity contribution < 1.29 is 9.78 Å². The van der Waals surface area contributed by atoms with Gasteiger partial charge in [0.1, 0.15) is 6.61 Å². The van der Waals surface area contributed by atoms with Crippen LogP contribution in [0.3, 0.4) is 0 Å². The first-order chi connectivity index (χ1) is 8.06. The van der Waals surface area contributed by atoms with Gasteiger partial charge in [-0.25, -0.2) is 9.78 Å². The lowest BCUT2D eigenvalue weighted by Crippen LogP contribution is -2.19. The van der Waals surface area contributed by atoms with Gasteiger partial charge in [0.25, 0.3) is 0 Å². The average Bonchev–Trinajstić information content (AvgIpc) is 2.28. The van der Waals surface area contributed by atoms with Gasteiger partial charge in [-0.3, -0.25) is 0 Å². The molecule has 0 unspecified atom stereocenters. The highest BCUT2D eigenvalue weighted by atomic mass is 17.2. The molecule has 0 saturated carbocycles. The monoisotopic (exact) mass is 230 g/mol. The SMILES string of the molecule is CC(C)(C)OOCc1cccc2ccccc12. The largest absolute Gasteiger partial charge is 0.231 e. The molecule has 0 saturated heterocycles. The highest BCUT2D eigenvalue weighted by molar-refractivity contribution is 5.85. The van der Waals surface area contributed by atoms with Crippen molar-refractivity contribution in [1.29, 1.82) is 0 Å². The number of hydrogen-bond acceptors (Lipinski definition) is 2. The van der Waals surface area contributed by atoms with Gasteiger partial charge >= 0.3 is 0 Å². The molecule has 0 heterocycles. The number of fused-ring (bicyclic) bond motifs is 1. The van der Waals surface area contributed by atoms with Crippen molar-refractivity contribution in [3.63, 3.8) is 0 Å². The van der Waals surface area contributed by atoms with Crippen molar-refractivity contribution in [2.75, 3.05) is 0 Å². The molecule has 2 nitrogen and oxygen atoms in total. The maximum Gasteiger partial charge on any atom is 0.108 e. The smallest absolute Gasteiger partial charge is 0.108 e. The maximum absolute atomic E-state index is 5.29. The molecule has 0 aliphatic rings. The third-order valence-electron chi connectivity index (χ3n) is 2.40. The van der Waals surface area contributed by atoms with Crippen molar-refractivity contribution >= 4 is 10.8 Å². The summed E-state index contributed by atoms with van der Waals surface area (Å²) < 4.78 is 0. The van der Waals surface area contributed by atoms with Gasteiger partial charge in [0, 0.05) is 0 Å². The topological polar surface area (TPSA) is 18.5 Å². The fourth-order valence-corrected chi connectivity index (χ4v) is 1.69. The van der Waals surface area contributed by atoms with Crippen LogP contribution in [0.2, 0.25) is 0 Å². The molecule has 0 spiro atoms. The molecule has 0 radical (unpaired) electrons. The van der Waals surface area contributed by atoms with Crippen LogP contribution < -0.4 is 0 Å². The van der Waals surface area contributed by atoms with Crippen molar-refractivity contribution in [3.8, 4) is 0 Å². The predicted molar refractivity (Wildman–Crippen MR) is 69.6 cm³/mol. The molecule has 0 atom stereocenters. The van der Waals surface area contributed by atoms with Crippen molar-refractivity contribution in [1.82, 2.24) is 0 Å². The van der Waals surface area contributed by atoms with E-state index in [1.165, 1.54) is 10.8 Å². The summed E-state index contributed by atoms with van der Waals surface area (Å²) in [7, 11) is 0.